The van der Waals surface area contributed by atoms with Crippen LogP contribution < -0.4 is 10.5 Å². The number of rotatable bonds is 4. The molecule has 1 aromatic rings. The number of hydrogen-bond acceptors (Lipinski definition) is 2. The van der Waals surface area contributed by atoms with Gasteiger partial charge in [0.15, 0.2) is 5.96 Å². The minimum Gasteiger partial charge on any atom is -0.496 e. The Morgan fingerprint density at radius 3 is 2.50 bits per heavy atom. The van der Waals surface area contributed by atoms with Crippen LogP contribution in [0.15, 0.2) is 29.3 Å². The highest BCUT2D eigenvalue weighted by molar-refractivity contribution is 5.78. The molecule has 0 aliphatic rings. The van der Waals surface area contributed by atoms with Gasteiger partial charge in [-0.25, -0.2) is 4.99 Å². The molecule has 1 aromatic carbocycles. The van der Waals surface area contributed by atoms with Crippen molar-refractivity contribution in [1.82, 2.24) is 4.90 Å². The van der Waals surface area contributed by atoms with Gasteiger partial charge in [0.1, 0.15) is 5.75 Å². The minimum atomic E-state index is -0.164. The van der Waals surface area contributed by atoms with E-state index in [2.05, 4.69) is 18.0 Å². The van der Waals surface area contributed by atoms with Crippen LogP contribution in [0.3, 0.4) is 0 Å². The first-order valence-corrected chi connectivity index (χ1v) is 6.94. The normalized spacial score (nSPS) is 14.0. The molecule has 0 saturated heterocycles. The first-order valence-electron chi connectivity index (χ1n) is 6.94. The molecule has 4 nitrogen and oxygen atoms in total. The average Bonchev–Trinajstić information content (AvgIpc) is 2.36. The summed E-state index contributed by atoms with van der Waals surface area (Å²) in [6.45, 7) is 8.26. The van der Waals surface area contributed by atoms with Gasteiger partial charge in [0, 0.05) is 13.1 Å². The number of nitrogens with two attached hydrogens (primary N) is 1. The van der Waals surface area contributed by atoms with E-state index in [0.29, 0.717) is 5.96 Å². The summed E-state index contributed by atoms with van der Waals surface area (Å²) in [5.74, 6) is 1.49. The van der Waals surface area contributed by atoms with E-state index in [1.165, 1.54) is 5.56 Å². The van der Waals surface area contributed by atoms with Crippen molar-refractivity contribution in [3.8, 4) is 5.75 Å². The molecular formula is C16H27N3O. The number of methoxy groups -OCH3 is 1. The zero-order chi connectivity index (χ0) is 15.3. The fourth-order valence-electron chi connectivity index (χ4n) is 1.98. The van der Waals surface area contributed by atoms with E-state index in [-0.39, 0.29) is 11.6 Å². The van der Waals surface area contributed by atoms with Crippen molar-refractivity contribution >= 4 is 5.96 Å². The molecular weight excluding hydrogens is 250 g/mol. The summed E-state index contributed by atoms with van der Waals surface area (Å²) >= 11 is 0. The Balaban J connectivity index is 2.80. The topological polar surface area (TPSA) is 50.9 Å². The fourth-order valence-corrected chi connectivity index (χ4v) is 1.98. The summed E-state index contributed by atoms with van der Waals surface area (Å²) in [5.41, 5.74) is 7.09. The number of ether oxygens (including phenoxy) is 1. The van der Waals surface area contributed by atoms with Crippen molar-refractivity contribution in [2.45, 2.75) is 45.7 Å². The van der Waals surface area contributed by atoms with Crippen molar-refractivity contribution in [2.75, 3.05) is 14.2 Å². The van der Waals surface area contributed by atoms with E-state index >= 15 is 0 Å². The Labute approximate surface area is 122 Å². The second kappa shape index (κ2) is 6.64. The van der Waals surface area contributed by atoms with Crippen molar-refractivity contribution in [2.24, 2.45) is 10.7 Å². The summed E-state index contributed by atoms with van der Waals surface area (Å²) < 4.78 is 5.39. The monoisotopic (exact) mass is 277 g/mol. The second-order valence-corrected chi connectivity index (χ2v) is 6.12. The van der Waals surface area contributed by atoms with Crippen LogP contribution in [0.5, 0.6) is 5.75 Å². The van der Waals surface area contributed by atoms with Gasteiger partial charge in [0.25, 0.3) is 0 Å². The zero-order valence-corrected chi connectivity index (χ0v) is 13.5. The third kappa shape index (κ3) is 4.76. The number of guanidine groups is 1. The second-order valence-electron chi connectivity index (χ2n) is 6.12. The molecule has 0 aromatic heterocycles. The zero-order valence-electron chi connectivity index (χ0n) is 13.5. The van der Waals surface area contributed by atoms with Gasteiger partial charge in [0.05, 0.1) is 12.6 Å². The maximum absolute atomic E-state index is 6.07. The molecule has 1 unspecified atom stereocenters. The Hall–Kier alpha value is -1.71. The molecule has 1 rings (SSSR count). The molecule has 0 aliphatic carbocycles. The molecule has 2 N–H and O–H groups in total. The molecule has 20 heavy (non-hydrogen) atoms. The smallest absolute Gasteiger partial charge is 0.191 e. The standard InChI is InChI=1S/C16H27N3O/c1-12(19(5)15(17)18-16(2,3)4)11-13-9-7-8-10-14(13)20-6/h7-10,12H,11H2,1-6H3,(H2,17,18). The highest BCUT2D eigenvalue weighted by atomic mass is 16.5. The van der Waals surface area contributed by atoms with Gasteiger partial charge in [-0.15, -0.1) is 0 Å². The maximum atomic E-state index is 6.07. The average molecular weight is 277 g/mol. The quantitative estimate of drug-likeness (QED) is 0.680. The van der Waals surface area contributed by atoms with Crippen molar-refractivity contribution in [3.05, 3.63) is 29.8 Å². The van der Waals surface area contributed by atoms with Gasteiger partial charge >= 0.3 is 0 Å². The molecule has 0 aliphatic heterocycles. The van der Waals surface area contributed by atoms with E-state index in [1.807, 2.05) is 50.9 Å². The van der Waals surface area contributed by atoms with Crippen molar-refractivity contribution in [3.63, 3.8) is 0 Å². The molecule has 0 fully saturated rings. The SMILES string of the molecule is COc1ccccc1CC(C)N(C)C(N)=NC(C)(C)C. The number of likely N-dealkylation sites (N-methyl/N-ethyl adjacent to an activating group) is 1. The highest BCUT2D eigenvalue weighted by Crippen LogP contribution is 2.20. The van der Waals surface area contributed by atoms with E-state index in [4.69, 9.17) is 10.5 Å². The van der Waals surface area contributed by atoms with Crippen LogP contribution in [0.1, 0.15) is 33.3 Å². The van der Waals surface area contributed by atoms with E-state index in [1.54, 1.807) is 7.11 Å². The lowest BCUT2D eigenvalue weighted by Crippen LogP contribution is -2.42. The predicted octanol–water partition coefficient (Wildman–Crippen LogP) is 2.67. The molecule has 0 heterocycles. The van der Waals surface area contributed by atoms with Crippen LogP contribution in [-0.4, -0.2) is 36.6 Å². The highest BCUT2D eigenvalue weighted by Gasteiger charge is 2.16. The Kier molecular flexibility index (Phi) is 5.43. The van der Waals surface area contributed by atoms with Crippen molar-refractivity contribution in [1.29, 1.82) is 0 Å². The summed E-state index contributed by atoms with van der Waals surface area (Å²) in [4.78, 5) is 6.52. The molecule has 0 bridgehead atoms. The summed E-state index contributed by atoms with van der Waals surface area (Å²) in [5, 5.41) is 0. The molecule has 4 heteroatoms. The van der Waals surface area contributed by atoms with Gasteiger partial charge in [0.2, 0.25) is 0 Å². The van der Waals surface area contributed by atoms with Gasteiger partial charge in [-0.3, -0.25) is 0 Å². The Morgan fingerprint density at radius 1 is 1.35 bits per heavy atom. The molecule has 0 saturated carbocycles. The molecule has 0 amide bonds. The molecule has 112 valence electrons. The number of hydrogen-bond donors (Lipinski definition) is 1. The van der Waals surface area contributed by atoms with E-state index in [9.17, 15) is 0 Å². The molecule has 0 radical (unpaired) electrons. The molecule has 0 spiro atoms. The van der Waals surface area contributed by atoms with Crippen molar-refractivity contribution < 1.29 is 4.74 Å². The van der Waals surface area contributed by atoms with Gasteiger partial charge < -0.3 is 15.4 Å². The number of aliphatic imine (C=N–C) groups is 1. The van der Waals surface area contributed by atoms with Gasteiger partial charge in [-0.05, 0) is 45.7 Å². The lowest BCUT2D eigenvalue weighted by atomic mass is 10.1. The fraction of sp³-hybridized carbons (Fsp3) is 0.562. The summed E-state index contributed by atoms with van der Waals surface area (Å²) in [7, 11) is 3.67. The van der Waals surface area contributed by atoms with Crippen LogP contribution in [0.2, 0.25) is 0 Å². The lowest BCUT2D eigenvalue weighted by Gasteiger charge is -2.28. The molecule has 1 atom stereocenters. The third-order valence-corrected chi connectivity index (χ3v) is 3.18. The summed E-state index contributed by atoms with van der Waals surface area (Å²) in [6.07, 6.45) is 0.862. The number of para-hydroxylation sites is 1. The van der Waals surface area contributed by atoms with Crippen LogP contribution in [0.4, 0.5) is 0 Å². The first-order chi connectivity index (χ1) is 9.24. The van der Waals surface area contributed by atoms with Gasteiger partial charge in [-0.1, -0.05) is 18.2 Å². The number of nitrogens with zero attached hydrogens (tertiary/aromatic N) is 2. The summed E-state index contributed by atoms with van der Waals surface area (Å²) in [6, 6.07) is 8.32. The minimum absolute atomic E-state index is 0.164. The lowest BCUT2D eigenvalue weighted by molar-refractivity contribution is 0.365. The van der Waals surface area contributed by atoms with Crippen LogP contribution >= 0.6 is 0 Å². The van der Waals surface area contributed by atoms with E-state index in [0.717, 1.165) is 12.2 Å². The maximum Gasteiger partial charge on any atom is 0.191 e. The first kappa shape index (κ1) is 16.3. The van der Waals surface area contributed by atoms with Crippen LogP contribution in [0.25, 0.3) is 0 Å². The van der Waals surface area contributed by atoms with E-state index < -0.39 is 0 Å². The Bertz CT molecular complexity index is 463. The van der Waals surface area contributed by atoms with Gasteiger partial charge in [-0.2, -0.15) is 0 Å². The Morgan fingerprint density at radius 2 is 1.95 bits per heavy atom. The predicted molar refractivity (Wildman–Crippen MR) is 85.3 cm³/mol. The largest absolute Gasteiger partial charge is 0.496 e. The van der Waals surface area contributed by atoms with Crippen LogP contribution in [0, 0.1) is 0 Å². The third-order valence-electron chi connectivity index (χ3n) is 3.18. The number of benzene rings is 1. The van der Waals surface area contributed by atoms with Crippen LogP contribution in [-0.2, 0) is 6.42 Å².